The third kappa shape index (κ3) is 10.6. The summed E-state index contributed by atoms with van der Waals surface area (Å²) >= 11 is 0. The van der Waals surface area contributed by atoms with Crippen LogP contribution in [0, 0.1) is 0 Å². The van der Waals surface area contributed by atoms with Crippen LogP contribution in [0.4, 0.5) is 4.79 Å². The van der Waals surface area contributed by atoms with Gasteiger partial charge in [-0.05, 0) is 42.3 Å². The number of ether oxygens (including phenoxy) is 3. The molecule has 1 heterocycles. The quantitative estimate of drug-likeness (QED) is 0.197. The van der Waals surface area contributed by atoms with Crippen molar-refractivity contribution in [2.75, 3.05) is 26.3 Å². The van der Waals surface area contributed by atoms with Crippen molar-refractivity contribution in [3.63, 3.8) is 0 Å². The number of benzene rings is 2. The van der Waals surface area contributed by atoms with Gasteiger partial charge in [0.05, 0.1) is 17.0 Å². The Balaban J connectivity index is 1.43. The number of rotatable bonds is 13. The lowest BCUT2D eigenvalue weighted by atomic mass is 10.1. The van der Waals surface area contributed by atoms with Crippen molar-refractivity contribution in [3.05, 3.63) is 84.1 Å². The number of hydrogen-bond acceptors (Lipinski definition) is 10. The average molecular weight is 585 g/mol. The van der Waals surface area contributed by atoms with Gasteiger partial charge < -0.3 is 24.8 Å². The van der Waals surface area contributed by atoms with E-state index in [0.717, 1.165) is 11.8 Å². The topological polar surface area (TPSA) is 179 Å². The van der Waals surface area contributed by atoms with Crippen LogP contribution in [0.2, 0.25) is 0 Å². The van der Waals surface area contributed by atoms with E-state index in [0.29, 0.717) is 18.7 Å². The van der Waals surface area contributed by atoms with E-state index in [2.05, 4.69) is 20.4 Å². The zero-order valence-electron chi connectivity index (χ0n) is 22.0. The van der Waals surface area contributed by atoms with E-state index in [1.165, 1.54) is 31.2 Å². The highest BCUT2D eigenvalue weighted by molar-refractivity contribution is 7.90. The number of nitrogens with one attached hydrogen (secondary N) is 3. The summed E-state index contributed by atoms with van der Waals surface area (Å²) in [5.74, 6) is -1.25. The van der Waals surface area contributed by atoms with Gasteiger partial charge in [0, 0.05) is 25.7 Å². The summed E-state index contributed by atoms with van der Waals surface area (Å²) in [6, 6.07) is 17.2. The second-order valence-electron chi connectivity index (χ2n) is 8.32. The van der Waals surface area contributed by atoms with Crippen LogP contribution >= 0.6 is 0 Å². The van der Waals surface area contributed by atoms with Crippen LogP contribution in [-0.4, -0.2) is 63.6 Å². The monoisotopic (exact) mass is 584 g/mol. The molecule has 0 radical (unpaired) electrons. The first kappa shape index (κ1) is 30.6. The molecule has 13 nitrogen and oxygen atoms in total. The number of amides is 3. The van der Waals surface area contributed by atoms with Gasteiger partial charge in [0.1, 0.15) is 12.4 Å². The number of pyridine rings is 1. The summed E-state index contributed by atoms with van der Waals surface area (Å²) in [4.78, 5) is 50.5. The van der Waals surface area contributed by atoms with Crippen molar-refractivity contribution in [1.82, 2.24) is 20.3 Å². The van der Waals surface area contributed by atoms with E-state index in [4.69, 9.17) is 9.47 Å². The number of esters is 1. The fourth-order valence-corrected chi connectivity index (χ4v) is 4.17. The second kappa shape index (κ2) is 15.0. The summed E-state index contributed by atoms with van der Waals surface area (Å²) in [6.07, 6.45) is 0.648. The maximum atomic E-state index is 12.7. The lowest BCUT2D eigenvalue weighted by Crippen LogP contribution is -2.31. The van der Waals surface area contributed by atoms with E-state index in [1.54, 1.807) is 36.4 Å². The Morgan fingerprint density at radius 2 is 1.61 bits per heavy atom. The lowest BCUT2D eigenvalue weighted by Gasteiger charge is -2.09. The van der Waals surface area contributed by atoms with Crippen LogP contribution in [0.1, 0.15) is 22.8 Å². The third-order valence-corrected chi connectivity index (χ3v) is 6.53. The second-order valence-corrected chi connectivity index (χ2v) is 10.0. The molecule has 0 aliphatic rings. The Labute approximate surface area is 236 Å². The molecule has 3 amide bonds. The first-order valence-corrected chi connectivity index (χ1v) is 13.8. The predicted octanol–water partition coefficient (Wildman–Crippen LogP) is 1.59. The number of carbonyl (C=O) groups excluding carboxylic acids is 4. The maximum absolute atomic E-state index is 12.7. The molecule has 216 valence electrons. The van der Waals surface area contributed by atoms with E-state index in [1.807, 2.05) is 10.8 Å². The van der Waals surface area contributed by atoms with Gasteiger partial charge in [-0.25, -0.2) is 22.9 Å². The molecule has 41 heavy (non-hydrogen) atoms. The van der Waals surface area contributed by atoms with Gasteiger partial charge in [-0.1, -0.05) is 30.3 Å². The van der Waals surface area contributed by atoms with Crippen molar-refractivity contribution in [1.29, 1.82) is 0 Å². The Hall–Kier alpha value is -4.98. The van der Waals surface area contributed by atoms with E-state index in [-0.39, 0.29) is 42.0 Å². The zero-order chi connectivity index (χ0) is 29.7. The first-order valence-electron chi connectivity index (χ1n) is 12.3. The molecule has 0 bridgehead atoms. The lowest BCUT2D eigenvalue weighted by molar-refractivity contribution is -0.140. The zero-order valence-corrected chi connectivity index (χ0v) is 22.8. The largest absolute Gasteiger partial charge is 0.484 e. The molecular formula is C27H28N4O9S. The third-order valence-electron chi connectivity index (χ3n) is 5.18. The van der Waals surface area contributed by atoms with Crippen molar-refractivity contribution in [2.45, 2.75) is 18.2 Å². The van der Waals surface area contributed by atoms with Gasteiger partial charge in [-0.15, -0.1) is 0 Å². The van der Waals surface area contributed by atoms with Gasteiger partial charge in [0.15, 0.2) is 6.61 Å². The number of sulfonamides is 1. The minimum Gasteiger partial charge on any atom is -0.484 e. The molecule has 0 saturated heterocycles. The fourth-order valence-electron chi connectivity index (χ4n) is 3.19. The van der Waals surface area contributed by atoms with Crippen molar-refractivity contribution >= 4 is 33.9 Å². The molecule has 2 aromatic carbocycles. The van der Waals surface area contributed by atoms with Gasteiger partial charge in [-0.2, -0.15) is 0 Å². The molecule has 0 saturated carbocycles. The van der Waals surface area contributed by atoms with E-state index >= 15 is 0 Å². The highest BCUT2D eigenvalue weighted by Gasteiger charge is 2.19. The molecule has 14 heteroatoms. The summed E-state index contributed by atoms with van der Waals surface area (Å²) in [5, 5.41) is 5.07. The van der Waals surface area contributed by atoms with Crippen LogP contribution < -0.4 is 24.8 Å². The van der Waals surface area contributed by atoms with Crippen LogP contribution in [0.15, 0.2) is 77.8 Å². The maximum Gasteiger partial charge on any atom is 0.414 e. The molecule has 0 aliphatic carbocycles. The number of hydrogen-bond donors (Lipinski definition) is 3. The molecule has 0 spiro atoms. The minimum atomic E-state index is -4.18. The SMILES string of the molecule is CC(=O)OCCNC(=O)Oc1ccc(C(=O)NS(=O)(=O)c2ccc(CCNC(=O)COc3ccccc3)cc2)cn1. The minimum absolute atomic E-state index is 0.0267. The van der Waals surface area contributed by atoms with Gasteiger partial charge in [0.2, 0.25) is 5.88 Å². The van der Waals surface area contributed by atoms with Crippen LogP contribution in [-0.2, 0) is 30.8 Å². The van der Waals surface area contributed by atoms with Crippen molar-refractivity contribution < 1.29 is 41.8 Å². The van der Waals surface area contributed by atoms with Crippen LogP contribution in [0.3, 0.4) is 0 Å². The average Bonchev–Trinajstić information content (AvgIpc) is 2.95. The molecule has 3 aromatic rings. The Bertz CT molecular complexity index is 1450. The molecule has 0 unspecified atom stereocenters. The van der Waals surface area contributed by atoms with Gasteiger partial charge >= 0.3 is 12.1 Å². The molecule has 0 atom stereocenters. The number of aromatic nitrogens is 1. The summed E-state index contributed by atoms with van der Waals surface area (Å²) in [6.45, 7) is 1.43. The smallest absolute Gasteiger partial charge is 0.414 e. The molecule has 0 aliphatic heterocycles. The molecular weight excluding hydrogens is 556 g/mol. The van der Waals surface area contributed by atoms with Crippen LogP contribution in [0.25, 0.3) is 0 Å². The fraction of sp³-hybridized carbons (Fsp3) is 0.222. The van der Waals surface area contributed by atoms with E-state index in [9.17, 15) is 27.6 Å². The van der Waals surface area contributed by atoms with E-state index < -0.39 is 28.0 Å². The van der Waals surface area contributed by atoms with Crippen molar-refractivity contribution in [2.24, 2.45) is 0 Å². The standard InChI is InChI=1S/C27H28N4O9S/c1-19(32)38-16-15-29-27(35)40-25-12-9-21(17-30-25)26(34)31-41(36,37)23-10-7-20(8-11-23)13-14-28-24(33)18-39-22-5-3-2-4-6-22/h2-12,17H,13-16,18H2,1H3,(H,28,33)(H,29,35)(H,31,34). The molecule has 1 aromatic heterocycles. The highest BCUT2D eigenvalue weighted by Crippen LogP contribution is 2.13. The molecule has 3 rings (SSSR count). The summed E-state index contributed by atoms with van der Waals surface area (Å²) < 4.78 is 42.3. The summed E-state index contributed by atoms with van der Waals surface area (Å²) in [7, 11) is -4.18. The number of carbonyl (C=O) groups is 4. The Kier molecular flexibility index (Phi) is 11.2. The number of para-hydroxylation sites is 1. The highest BCUT2D eigenvalue weighted by atomic mass is 32.2. The first-order chi connectivity index (χ1) is 19.6. The predicted molar refractivity (Wildman–Crippen MR) is 145 cm³/mol. The van der Waals surface area contributed by atoms with Gasteiger partial charge in [0.25, 0.3) is 21.8 Å². The van der Waals surface area contributed by atoms with Crippen LogP contribution in [0.5, 0.6) is 11.6 Å². The summed E-state index contributed by atoms with van der Waals surface area (Å²) in [5.41, 5.74) is 0.689. The normalized spacial score (nSPS) is 10.7. The molecule has 3 N–H and O–H groups in total. The number of nitrogens with zero attached hydrogens (tertiary/aromatic N) is 1. The van der Waals surface area contributed by atoms with Gasteiger partial charge in [-0.3, -0.25) is 14.4 Å². The Morgan fingerprint density at radius 1 is 0.878 bits per heavy atom. The van der Waals surface area contributed by atoms with Crippen molar-refractivity contribution in [3.8, 4) is 11.6 Å². The Morgan fingerprint density at radius 3 is 2.27 bits per heavy atom. The molecule has 0 fully saturated rings.